The first-order valence-corrected chi connectivity index (χ1v) is 10.7. The second-order valence-corrected chi connectivity index (χ2v) is 8.31. The number of likely N-dealkylation sites (tertiary alicyclic amines) is 1. The molecule has 0 N–H and O–H groups in total. The predicted octanol–water partition coefficient (Wildman–Crippen LogP) is 5.56. The number of benzene rings is 3. The van der Waals surface area contributed by atoms with E-state index in [2.05, 4.69) is 36.2 Å². The standard InChI is InChI=1S/C27H29NO2/c1-20-9-11-22(12-10-20)27(29)18-21-5-3-6-23(17-21)24-7-4-8-26(19-24)30-25-13-15-28(2)16-14-25/h3-12,17,19,25H,13-16,18H2,1-2H3. The van der Waals surface area contributed by atoms with Crippen LogP contribution in [0.25, 0.3) is 11.1 Å². The van der Waals surface area contributed by atoms with Crippen molar-refractivity contribution in [2.75, 3.05) is 20.1 Å². The van der Waals surface area contributed by atoms with E-state index in [1.54, 1.807) is 0 Å². The lowest BCUT2D eigenvalue weighted by atomic mass is 9.98. The highest BCUT2D eigenvalue weighted by molar-refractivity contribution is 5.97. The molecule has 0 radical (unpaired) electrons. The van der Waals surface area contributed by atoms with E-state index >= 15 is 0 Å². The van der Waals surface area contributed by atoms with Gasteiger partial charge in [0.05, 0.1) is 0 Å². The normalized spacial score (nSPS) is 15.1. The molecule has 1 fully saturated rings. The maximum absolute atomic E-state index is 12.6. The van der Waals surface area contributed by atoms with Crippen molar-refractivity contribution in [2.24, 2.45) is 0 Å². The fourth-order valence-electron chi connectivity index (χ4n) is 3.93. The van der Waals surface area contributed by atoms with Gasteiger partial charge < -0.3 is 9.64 Å². The first kappa shape index (κ1) is 20.4. The summed E-state index contributed by atoms with van der Waals surface area (Å²) in [6.45, 7) is 4.20. The van der Waals surface area contributed by atoms with Crippen LogP contribution in [0.3, 0.4) is 0 Å². The molecule has 0 atom stereocenters. The zero-order valence-electron chi connectivity index (χ0n) is 17.8. The van der Waals surface area contributed by atoms with Crippen molar-refractivity contribution in [3.05, 3.63) is 89.5 Å². The Bertz CT molecular complexity index is 1000. The van der Waals surface area contributed by atoms with Gasteiger partial charge in [-0.2, -0.15) is 0 Å². The van der Waals surface area contributed by atoms with Crippen LogP contribution in [0.15, 0.2) is 72.8 Å². The van der Waals surface area contributed by atoms with Crippen molar-refractivity contribution in [3.63, 3.8) is 0 Å². The average molecular weight is 400 g/mol. The SMILES string of the molecule is Cc1ccc(C(=O)Cc2cccc(-c3cccc(OC4CCN(C)CC4)c3)c2)cc1. The van der Waals surface area contributed by atoms with Crippen molar-refractivity contribution in [3.8, 4) is 16.9 Å². The van der Waals surface area contributed by atoms with Crippen LogP contribution in [0.1, 0.15) is 34.3 Å². The third-order valence-electron chi connectivity index (χ3n) is 5.80. The maximum Gasteiger partial charge on any atom is 0.167 e. The van der Waals surface area contributed by atoms with E-state index in [-0.39, 0.29) is 11.9 Å². The summed E-state index contributed by atoms with van der Waals surface area (Å²) in [5.74, 6) is 1.06. The minimum atomic E-state index is 0.145. The van der Waals surface area contributed by atoms with E-state index < -0.39 is 0 Å². The molecule has 3 aromatic carbocycles. The summed E-state index contributed by atoms with van der Waals surface area (Å²) in [5, 5.41) is 0. The fourth-order valence-corrected chi connectivity index (χ4v) is 3.93. The molecular weight excluding hydrogens is 370 g/mol. The number of Topliss-reactive ketones (excluding diaryl/α,β-unsaturated/α-hetero) is 1. The van der Waals surface area contributed by atoms with Crippen LogP contribution in [0, 0.1) is 6.92 Å². The molecule has 3 aromatic rings. The number of carbonyl (C=O) groups excluding carboxylic acids is 1. The van der Waals surface area contributed by atoms with Gasteiger partial charge >= 0.3 is 0 Å². The molecule has 1 saturated heterocycles. The molecule has 1 aliphatic rings. The number of hydrogen-bond acceptors (Lipinski definition) is 3. The van der Waals surface area contributed by atoms with Crippen LogP contribution in [0.5, 0.6) is 5.75 Å². The number of ketones is 1. The molecule has 154 valence electrons. The van der Waals surface area contributed by atoms with Crippen LogP contribution in [0.4, 0.5) is 0 Å². The van der Waals surface area contributed by atoms with E-state index in [1.165, 1.54) is 0 Å². The molecule has 3 nitrogen and oxygen atoms in total. The number of nitrogens with zero attached hydrogens (tertiary/aromatic N) is 1. The molecule has 0 amide bonds. The predicted molar refractivity (Wildman–Crippen MR) is 122 cm³/mol. The van der Waals surface area contributed by atoms with Crippen molar-refractivity contribution in [1.29, 1.82) is 0 Å². The van der Waals surface area contributed by atoms with Gasteiger partial charge in [-0.05, 0) is 55.6 Å². The first-order chi connectivity index (χ1) is 14.6. The molecule has 0 saturated carbocycles. The Balaban J connectivity index is 1.47. The lowest BCUT2D eigenvalue weighted by molar-refractivity contribution is 0.0993. The molecule has 0 spiro atoms. The minimum Gasteiger partial charge on any atom is -0.490 e. The van der Waals surface area contributed by atoms with Gasteiger partial charge in [0.15, 0.2) is 5.78 Å². The van der Waals surface area contributed by atoms with Gasteiger partial charge in [0.25, 0.3) is 0 Å². The summed E-state index contributed by atoms with van der Waals surface area (Å²) >= 11 is 0. The Morgan fingerprint density at radius 1 is 0.933 bits per heavy atom. The second-order valence-electron chi connectivity index (χ2n) is 8.31. The third-order valence-corrected chi connectivity index (χ3v) is 5.80. The van der Waals surface area contributed by atoms with Gasteiger partial charge in [-0.25, -0.2) is 0 Å². The van der Waals surface area contributed by atoms with Gasteiger partial charge in [-0.3, -0.25) is 4.79 Å². The van der Waals surface area contributed by atoms with Gasteiger partial charge in [0.2, 0.25) is 0 Å². The number of carbonyl (C=O) groups is 1. The number of piperidine rings is 1. The topological polar surface area (TPSA) is 29.5 Å². The van der Waals surface area contributed by atoms with E-state index in [1.807, 2.05) is 55.5 Å². The molecule has 0 aromatic heterocycles. The summed E-state index contributed by atoms with van der Waals surface area (Å²) in [6, 6.07) is 24.3. The van der Waals surface area contributed by atoms with Crippen LogP contribution in [-0.4, -0.2) is 36.9 Å². The average Bonchev–Trinajstić information content (AvgIpc) is 2.76. The molecular formula is C27H29NO2. The molecule has 0 unspecified atom stereocenters. The maximum atomic E-state index is 12.6. The van der Waals surface area contributed by atoms with Crippen LogP contribution in [0.2, 0.25) is 0 Å². The molecule has 0 aliphatic carbocycles. The second kappa shape index (κ2) is 9.27. The van der Waals surface area contributed by atoms with Gasteiger partial charge in [0, 0.05) is 25.1 Å². The van der Waals surface area contributed by atoms with Crippen LogP contribution in [-0.2, 0) is 6.42 Å². The Labute approximate surface area is 179 Å². The van der Waals surface area contributed by atoms with E-state index in [0.717, 1.165) is 59.5 Å². The Morgan fingerprint density at radius 3 is 2.33 bits per heavy atom. The summed E-state index contributed by atoms with van der Waals surface area (Å²) in [7, 11) is 2.16. The largest absolute Gasteiger partial charge is 0.490 e. The number of ether oxygens (including phenoxy) is 1. The molecule has 30 heavy (non-hydrogen) atoms. The Kier molecular flexibility index (Phi) is 6.29. The molecule has 1 aliphatic heterocycles. The van der Waals surface area contributed by atoms with E-state index in [0.29, 0.717) is 6.42 Å². The van der Waals surface area contributed by atoms with Crippen molar-refractivity contribution >= 4 is 5.78 Å². The fraction of sp³-hybridized carbons (Fsp3) is 0.296. The number of aryl methyl sites for hydroxylation is 1. The van der Waals surface area contributed by atoms with E-state index in [4.69, 9.17) is 4.74 Å². The molecule has 4 rings (SSSR count). The van der Waals surface area contributed by atoms with Crippen LogP contribution >= 0.6 is 0 Å². The number of rotatable bonds is 6. The minimum absolute atomic E-state index is 0.145. The van der Waals surface area contributed by atoms with Crippen molar-refractivity contribution in [1.82, 2.24) is 4.90 Å². The summed E-state index contributed by atoms with van der Waals surface area (Å²) in [5.41, 5.74) is 5.18. The zero-order valence-corrected chi connectivity index (χ0v) is 17.8. The Hall–Kier alpha value is -2.91. The molecule has 1 heterocycles. The quantitative estimate of drug-likeness (QED) is 0.508. The highest BCUT2D eigenvalue weighted by Crippen LogP contribution is 2.27. The van der Waals surface area contributed by atoms with Crippen LogP contribution < -0.4 is 4.74 Å². The Morgan fingerprint density at radius 2 is 1.60 bits per heavy atom. The van der Waals surface area contributed by atoms with Crippen molar-refractivity contribution < 1.29 is 9.53 Å². The molecule has 0 bridgehead atoms. The highest BCUT2D eigenvalue weighted by atomic mass is 16.5. The lowest BCUT2D eigenvalue weighted by Gasteiger charge is -2.29. The lowest BCUT2D eigenvalue weighted by Crippen LogP contribution is -2.35. The monoisotopic (exact) mass is 399 g/mol. The third kappa shape index (κ3) is 5.17. The summed E-state index contributed by atoms with van der Waals surface area (Å²) in [4.78, 5) is 15.0. The molecule has 3 heteroatoms. The van der Waals surface area contributed by atoms with Gasteiger partial charge in [-0.15, -0.1) is 0 Å². The smallest absolute Gasteiger partial charge is 0.167 e. The number of hydrogen-bond donors (Lipinski definition) is 0. The van der Waals surface area contributed by atoms with Gasteiger partial charge in [-0.1, -0.05) is 66.2 Å². The van der Waals surface area contributed by atoms with E-state index in [9.17, 15) is 4.79 Å². The van der Waals surface area contributed by atoms with Gasteiger partial charge in [0.1, 0.15) is 11.9 Å². The summed E-state index contributed by atoms with van der Waals surface area (Å²) in [6.07, 6.45) is 2.83. The summed E-state index contributed by atoms with van der Waals surface area (Å²) < 4.78 is 6.25. The zero-order chi connectivity index (χ0) is 20.9. The van der Waals surface area contributed by atoms with Crippen molar-refractivity contribution in [2.45, 2.75) is 32.3 Å². The first-order valence-electron chi connectivity index (χ1n) is 10.7. The highest BCUT2D eigenvalue weighted by Gasteiger charge is 2.18.